The molecule has 0 spiro atoms. The van der Waals surface area contributed by atoms with E-state index in [1.807, 2.05) is 12.1 Å². The first kappa shape index (κ1) is 18.6. The fraction of sp³-hybridized carbons (Fsp3) is 0.368. The van der Waals surface area contributed by atoms with Crippen LogP contribution in [0.1, 0.15) is 42.9 Å². The lowest BCUT2D eigenvalue weighted by atomic mass is 10.2. The summed E-state index contributed by atoms with van der Waals surface area (Å²) in [5, 5.41) is 2.71. The molecule has 134 valence electrons. The summed E-state index contributed by atoms with van der Waals surface area (Å²) >= 11 is 0. The van der Waals surface area contributed by atoms with Crippen molar-refractivity contribution in [1.29, 1.82) is 0 Å². The monoisotopic (exact) mass is 344 g/mol. The number of hydrogen-bond acceptors (Lipinski definition) is 5. The van der Waals surface area contributed by atoms with Gasteiger partial charge >= 0.3 is 5.97 Å². The molecule has 0 aliphatic heterocycles. The number of carbonyl (C=O) groups is 2. The molecule has 1 atom stereocenters. The number of benzene rings is 1. The Morgan fingerprint density at radius 2 is 1.84 bits per heavy atom. The minimum Gasteiger partial charge on any atom is -0.467 e. The highest BCUT2D eigenvalue weighted by molar-refractivity contribution is 5.91. The van der Waals surface area contributed by atoms with Crippen molar-refractivity contribution >= 4 is 17.6 Å². The van der Waals surface area contributed by atoms with Gasteiger partial charge in [-0.15, -0.1) is 0 Å². The first-order valence-electron chi connectivity index (χ1n) is 8.40. The first-order chi connectivity index (χ1) is 12.0. The molecule has 0 aliphatic rings. The van der Waals surface area contributed by atoms with Crippen LogP contribution in [-0.2, 0) is 9.53 Å². The second-order valence-corrected chi connectivity index (χ2v) is 5.60. The zero-order chi connectivity index (χ0) is 18.2. The summed E-state index contributed by atoms with van der Waals surface area (Å²) in [6.45, 7) is 7.41. The van der Waals surface area contributed by atoms with Crippen LogP contribution in [-0.4, -0.2) is 31.6 Å². The third-order valence-corrected chi connectivity index (χ3v) is 3.91. The number of carbonyl (C=O) groups excluding carboxylic acids is 2. The van der Waals surface area contributed by atoms with Crippen LogP contribution in [0.2, 0.25) is 0 Å². The van der Waals surface area contributed by atoms with Gasteiger partial charge in [-0.05, 0) is 57.2 Å². The molecule has 0 saturated carbocycles. The van der Waals surface area contributed by atoms with Crippen molar-refractivity contribution in [3.05, 3.63) is 54.0 Å². The van der Waals surface area contributed by atoms with E-state index < -0.39 is 5.97 Å². The van der Waals surface area contributed by atoms with Crippen molar-refractivity contribution in [3.63, 3.8) is 0 Å². The lowest BCUT2D eigenvalue weighted by molar-refractivity contribution is -0.125. The number of hydrogen-bond donors (Lipinski definition) is 1. The molecule has 1 amide bonds. The number of nitrogens with zero attached hydrogens (tertiary/aromatic N) is 1. The van der Waals surface area contributed by atoms with Gasteiger partial charge in [0, 0.05) is 18.8 Å². The van der Waals surface area contributed by atoms with Gasteiger partial charge in [-0.25, -0.2) is 4.79 Å². The van der Waals surface area contributed by atoms with Gasteiger partial charge in [-0.3, -0.25) is 4.79 Å². The summed E-state index contributed by atoms with van der Waals surface area (Å²) < 4.78 is 10.3. The molecule has 2 aromatic rings. The maximum atomic E-state index is 12.0. The molecule has 0 radical (unpaired) electrons. The Morgan fingerprint density at radius 1 is 1.16 bits per heavy atom. The molecule has 1 heterocycles. The lowest BCUT2D eigenvalue weighted by Gasteiger charge is -2.20. The topological polar surface area (TPSA) is 71.8 Å². The van der Waals surface area contributed by atoms with Gasteiger partial charge in [-0.1, -0.05) is 0 Å². The molecule has 0 fully saturated rings. The predicted molar refractivity (Wildman–Crippen MR) is 95.6 cm³/mol. The van der Waals surface area contributed by atoms with E-state index in [2.05, 4.69) is 24.1 Å². The second-order valence-electron chi connectivity index (χ2n) is 5.60. The molecule has 1 N–H and O–H groups in total. The van der Waals surface area contributed by atoms with Crippen molar-refractivity contribution in [3.8, 4) is 0 Å². The van der Waals surface area contributed by atoms with E-state index in [1.165, 1.54) is 0 Å². The van der Waals surface area contributed by atoms with E-state index in [-0.39, 0.29) is 18.6 Å². The average molecular weight is 344 g/mol. The van der Waals surface area contributed by atoms with E-state index in [0.717, 1.165) is 18.8 Å². The molecule has 1 aromatic heterocycles. The van der Waals surface area contributed by atoms with Gasteiger partial charge in [-0.2, -0.15) is 0 Å². The van der Waals surface area contributed by atoms with Gasteiger partial charge < -0.3 is 19.4 Å². The van der Waals surface area contributed by atoms with Crippen LogP contribution in [0.25, 0.3) is 0 Å². The average Bonchev–Trinajstić information content (AvgIpc) is 3.16. The van der Waals surface area contributed by atoms with Gasteiger partial charge in [0.15, 0.2) is 6.61 Å². The van der Waals surface area contributed by atoms with Crippen molar-refractivity contribution in [1.82, 2.24) is 5.32 Å². The van der Waals surface area contributed by atoms with Crippen molar-refractivity contribution < 1.29 is 18.7 Å². The van der Waals surface area contributed by atoms with Gasteiger partial charge in [0.1, 0.15) is 5.76 Å². The summed E-state index contributed by atoms with van der Waals surface area (Å²) in [7, 11) is 0. The maximum Gasteiger partial charge on any atom is 0.338 e. The number of ether oxygens (including phenoxy) is 1. The SMILES string of the molecule is CCN(CC)c1ccc(C(=O)OCC(=O)N[C@H](C)c2ccco2)cc1. The van der Waals surface area contributed by atoms with E-state index in [9.17, 15) is 9.59 Å². The van der Waals surface area contributed by atoms with Crippen LogP contribution in [0, 0.1) is 0 Å². The number of nitrogens with one attached hydrogen (secondary N) is 1. The summed E-state index contributed by atoms with van der Waals surface area (Å²) in [6, 6.07) is 10.4. The van der Waals surface area contributed by atoms with Crippen LogP contribution in [0.5, 0.6) is 0 Å². The molecule has 6 nitrogen and oxygen atoms in total. The van der Waals surface area contributed by atoms with Crippen LogP contribution >= 0.6 is 0 Å². The summed E-state index contributed by atoms with van der Waals surface area (Å²) in [5.41, 5.74) is 1.47. The van der Waals surface area contributed by atoms with Crippen molar-refractivity contribution in [2.24, 2.45) is 0 Å². The third kappa shape index (κ3) is 5.11. The number of anilines is 1. The predicted octanol–water partition coefficient (Wildman–Crippen LogP) is 3.16. The second kappa shape index (κ2) is 8.92. The summed E-state index contributed by atoms with van der Waals surface area (Å²) in [6.07, 6.45) is 1.54. The quantitative estimate of drug-likeness (QED) is 0.745. The smallest absolute Gasteiger partial charge is 0.338 e. The Labute approximate surface area is 147 Å². The Morgan fingerprint density at radius 3 is 2.40 bits per heavy atom. The minimum atomic E-state index is -0.521. The van der Waals surface area contributed by atoms with Crippen molar-refractivity contribution in [2.75, 3.05) is 24.6 Å². The van der Waals surface area contributed by atoms with E-state index in [4.69, 9.17) is 9.15 Å². The van der Waals surface area contributed by atoms with Crippen LogP contribution in [0.3, 0.4) is 0 Å². The number of rotatable bonds is 8. The van der Waals surface area contributed by atoms with Crippen LogP contribution < -0.4 is 10.2 Å². The largest absolute Gasteiger partial charge is 0.467 e. The lowest BCUT2D eigenvalue weighted by Crippen LogP contribution is -2.31. The fourth-order valence-corrected chi connectivity index (χ4v) is 2.50. The Bertz CT molecular complexity index is 676. The highest BCUT2D eigenvalue weighted by atomic mass is 16.5. The third-order valence-electron chi connectivity index (χ3n) is 3.91. The maximum absolute atomic E-state index is 12.0. The number of amides is 1. The molecule has 2 rings (SSSR count). The minimum absolute atomic E-state index is 0.283. The molecular weight excluding hydrogens is 320 g/mol. The molecule has 6 heteroatoms. The van der Waals surface area contributed by atoms with Gasteiger partial charge in [0.05, 0.1) is 17.9 Å². The summed E-state index contributed by atoms with van der Waals surface area (Å²) in [5.74, 6) is -0.254. The van der Waals surface area contributed by atoms with Crippen LogP contribution in [0.15, 0.2) is 47.1 Å². The molecule has 0 saturated heterocycles. The Kier molecular flexibility index (Phi) is 6.62. The zero-order valence-electron chi connectivity index (χ0n) is 14.8. The van der Waals surface area contributed by atoms with E-state index in [0.29, 0.717) is 11.3 Å². The molecule has 0 aliphatic carbocycles. The van der Waals surface area contributed by atoms with Crippen molar-refractivity contribution in [2.45, 2.75) is 26.8 Å². The fourth-order valence-electron chi connectivity index (χ4n) is 2.50. The van der Waals surface area contributed by atoms with E-state index >= 15 is 0 Å². The molecule has 0 unspecified atom stereocenters. The highest BCUT2D eigenvalue weighted by Gasteiger charge is 2.14. The highest BCUT2D eigenvalue weighted by Crippen LogP contribution is 2.15. The summed E-state index contributed by atoms with van der Waals surface area (Å²) in [4.78, 5) is 26.1. The van der Waals surface area contributed by atoms with Gasteiger partial charge in [0.25, 0.3) is 5.91 Å². The molecule has 25 heavy (non-hydrogen) atoms. The first-order valence-corrected chi connectivity index (χ1v) is 8.40. The molecular formula is C19H24N2O4. The van der Waals surface area contributed by atoms with Gasteiger partial charge in [0.2, 0.25) is 0 Å². The standard InChI is InChI=1S/C19H24N2O4/c1-4-21(5-2)16-10-8-15(9-11-16)19(23)25-13-18(22)20-14(3)17-7-6-12-24-17/h6-12,14H,4-5,13H2,1-3H3,(H,20,22)/t14-/m1/s1. The normalized spacial score (nSPS) is 11.6. The molecule has 1 aromatic carbocycles. The van der Waals surface area contributed by atoms with E-state index in [1.54, 1.807) is 37.5 Å². The number of furan rings is 1. The number of esters is 1. The molecule has 0 bridgehead atoms. The zero-order valence-corrected chi connectivity index (χ0v) is 14.8. The Hall–Kier alpha value is -2.76. The van der Waals surface area contributed by atoms with Crippen LogP contribution in [0.4, 0.5) is 5.69 Å². The Balaban J connectivity index is 1.84.